The van der Waals surface area contributed by atoms with Gasteiger partial charge in [0.05, 0.1) is 13.5 Å². The Morgan fingerprint density at radius 3 is 2.60 bits per heavy atom. The number of hydrogen-bond donors (Lipinski definition) is 1. The van der Waals surface area contributed by atoms with Crippen LogP contribution in [0.5, 0.6) is 5.75 Å². The molecule has 2 aromatic heterocycles. The molecule has 0 saturated heterocycles. The first-order chi connectivity index (χ1) is 14.7. The molecule has 30 heavy (non-hydrogen) atoms. The minimum Gasteiger partial charge on any atom is -0.496 e. The SMILES string of the molecule is COc1ccccc1CNc1nc(-c2cccnc2)nn1C(=O)Cc1ccccc1. The smallest absolute Gasteiger partial charge is 0.254 e. The van der Waals surface area contributed by atoms with Crippen molar-refractivity contribution in [2.45, 2.75) is 13.0 Å². The zero-order valence-corrected chi connectivity index (χ0v) is 16.5. The van der Waals surface area contributed by atoms with E-state index in [-0.39, 0.29) is 12.3 Å². The molecular formula is C23H21N5O2. The highest BCUT2D eigenvalue weighted by Crippen LogP contribution is 2.21. The van der Waals surface area contributed by atoms with Gasteiger partial charge in [0, 0.05) is 30.1 Å². The average Bonchev–Trinajstić information content (AvgIpc) is 3.23. The van der Waals surface area contributed by atoms with Gasteiger partial charge >= 0.3 is 0 Å². The minimum atomic E-state index is -0.175. The van der Waals surface area contributed by atoms with Crippen LogP contribution in [0.4, 0.5) is 5.95 Å². The molecule has 0 saturated carbocycles. The number of anilines is 1. The van der Waals surface area contributed by atoms with Gasteiger partial charge in [-0.1, -0.05) is 48.5 Å². The van der Waals surface area contributed by atoms with Gasteiger partial charge in [0.2, 0.25) is 5.95 Å². The van der Waals surface area contributed by atoms with E-state index in [1.807, 2.05) is 66.7 Å². The second-order valence-electron chi connectivity index (χ2n) is 6.63. The molecule has 0 radical (unpaired) electrons. The van der Waals surface area contributed by atoms with E-state index in [0.717, 1.165) is 22.4 Å². The zero-order chi connectivity index (χ0) is 20.8. The summed E-state index contributed by atoms with van der Waals surface area (Å²) in [5.41, 5.74) is 2.61. The van der Waals surface area contributed by atoms with E-state index in [2.05, 4.69) is 20.4 Å². The van der Waals surface area contributed by atoms with Gasteiger partial charge < -0.3 is 10.1 Å². The Kier molecular flexibility index (Phi) is 5.80. The molecule has 150 valence electrons. The van der Waals surface area contributed by atoms with E-state index in [4.69, 9.17) is 4.74 Å². The van der Waals surface area contributed by atoms with Crippen LogP contribution >= 0.6 is 0 Å². The summed E-state index contributed by atoms with van der Waals surface area (Å²) < 4.78 is 6.73. The summed E-state index contributed by atoms with van der Waals surface area (Å²) in [7, 11) is 1.63. The highest BCUT2D eigenvalue weighted by Gasteiger charge is 2.18. The first-order valence-electron chi connectivity index (χ1n) is 9.55. The van der Waals surface area contributed by atoms with Crippen LogP contribution in [0.25, 0.3) is 11.4 Å². The summed E-state index contributed by atoms with van der Waals surface area (Å²) in [4.78, 5) is 21.7. The van der Waals surface area contributed by atoms with Crippen molar-refractivity contribution >= 4 is 11.9 Å². The monoisotopic (exact) mass is 399 g/mol. The van der Waals surface area contributed by atoms with Crippen LogP contribution in [-0.2, 0) is 13.0 Å². The van der Waals surface area contributed by atoms with Crippen molar-refractivity contribution in [3.63, 3.8) is 0 Å². The number of para-hydroxylation sites is 1. The van der Waals surface area contributed by atoms with Gasteiger partial charge in [-0.25, -0.2) is 0 Å². The van der Waals surface area contributed by atoms with Gasteiger partial charge in [0.25, 0.3) is 5.91 Å². The Labute approximate surface area is 174 Å². The molecule has 2 aromatic carbocycles. The fraction of sp³-hybridized carbons (Fsp3) is 0.130. The van der Waals surface area contributed by atoms with E-state index in [0.29, 0.717) is 18.3 Å². The normalized spacial score (nSPS) is 10.6. The molecular weight excluding hydrogens is 378 g/mol. The van der Waals surface area contributed by atoms with Crippen LogP contribution in [0, 0.1) is 0 Å². The van der Waals surface area contributed by atoms with Gasteiger partial charge in [-0.15, -0.1) is 5.10 Å². The lowest BCUT2D eigenvalue weighted by molar-refractivity contribution is 0.0901. The molecule has 0 unspecified atom stereocenters. The van der Waals surface area contributed by atoms with Crippen molar-refractivity contribution < 1.29 is 9.53 Å². The maximum Gasteiger partial charge on any atom is 0.254 e. The number of rotatable bonds is 7. The van der Waals surface area contributed by atoms with E-state index >= 15 is 0 Å². The molecule has 0 aliphatic rings. The number of nitrogens with zero attached hydrogens (tertiary/aromatic N) is 4. The molecule has 0 fully saturated rings. The topological polar surface area (TPSA) is 81.9 Å². The molecule has 0 amide bonds. The van der Waals surface area contributed by atoms with Gasteiger partial charge in [-0.2, -0.15) is 9.67 Å². The molecule has 0 bridgehead atoms. The van der Waals surface area contributed by atoms with Crippen LogP contribution in [0.15, 0.2) is 79.1 Å². The van der Waals surface area contributed by atoms with Crippen LogP contribution in [0.1, 0.15) is 15.9 Å². The van der Waals surface area contributed by atoms with Crippen molar-refractivity contribution in [3.8, 4) is 17.1 Å². The van der Waals surface area contributed by atoms with Gasteiger partial charge in [0.1, 0.15) is 5.75 Å². The first-order valence-corrected chi connectivity index (χ1v) is 9.55. The fourth-order valence-electron chi connectivity index (χ4n) is 3.09. The van der Waals surface area contributed by atoms with Crippen LogP contribution in [0.3, 0.4) is 0 Å². The first kappa shape index (κ1) is 19.3. The third-order valence-corrected chi connectivity index (χ3v) is 4.59. The molecule has 0 aliphatic heterocycles. The Bertz CT molecular complexity index is 1130. The highest BCUT2D eigenvalue weighted by molar-refractivity contribution is 5.83. The number of carbonyl (C=O) groups is 1. The number of ether oxygens (including phenoxy) is 1. The fourth-order valence-corrected chi connectivity index (χ4v) is 3.09. The zero-order valence-electron chi connectivity index (χ0n) is 16.5. The summed E-state index contributed by atoms with van der Waals surface area (Å²) in [5.74, 6) is 1.40. The number of benzene rings is 2. The average molecular weight is 399 g/mol. The lowest BCUT2D eigenvalue weighted by Crippen LogP contribution is -2.18. The predicted octanol–water partition coefficient (Wildman–Crippen LogP) is 3.84. The largest absolute Gasteiger partial charge is 0.496 e. The maximum absolute atomic E-state index is 13.0. The molecule has 7 heteroatoms. The Morgan fingerprint density at radius 2 is 1.83 bits per heavy atom. The number of carbonyl (C=O) groups excluding carboxylic acids is 1. The quantitative estimate of drug-likeness (QED) is 0.508. The van der Waals surface area contributed by atoms with Crippen LogP contribution in [-0.4, -0.2) is 32.8 Å². The molecule has 4 aromatic rings. The van der Waals surface area contributed by atoms with Crippen molar-refractivity contribution in [1.29, 1.82) is 0 Å². The summed E-state index contributed by atoms with van der Waals surface area (Å²) in [6.07, 6.45) is 3.58. The van der Waals surface area contributed by atoms with Crippen LogP contribution in [0.2, 0.25) is 0 Å². The Hall–Kier alpha value is -4.00. The van der Waals surface area contributed by atoms with Crippen molar-refractivity contribution in [2.24, 2.45) is 0 Å². The Balaban J connectivity index is 1.63. The van der Waals surface area contributed by atoms with E-state index < -0.39 is 0 Å². The molecule has 4 rings (SSSR count). The lowest BCUT2D eigenvalue weighted by Gasteiger charge is -2.10. The molecule has 0 aliphatic carbocycles. The Morgan fingerprint density at radius 1 is 1.03 bits per heavy atom. The molecule has 2 heterocycles. The number of hydrogen-bond acceptors (Lipinski definition) is 6. The molecule has 0 spiro atoms. The second kappa shape index (κ2) is 9.00. The minimum absolute atomic E-state index is 0.175. The second-order valence-corrected chi connectivity index (χ2v) is 6.63. The van der Waals surface area contributed by atoms with Crippen LogP contribution < -0.4 is 10.1 Å². The summed E-state index contributed by atoms with van der Waals surface area (Å²) >= 11 is 0. The number of aromatic nitrogens is 4. The summed E-state index contributed by atoms with van der Waals surface area (Å²) in [5, 5.41) is 7.68. The lowest BCUT2D eigenvalue weighted by atomic mass is 10.1. The molecule has 1 N–H and O–H groups in total. The van der Waals surface area contributed by atoms with Gasteiger partial charge in [0.15, 0.2) is 5.82 Å². The number of methoxy groups -OCH3 is 1. The van der Waals surface area contributed by atoms with Gasteiger partial charge in [-0.05, 0) is 23.8 Å². The standard InChI is InChI=1S/C23H21N5O2/c1-30-20-12-6-5-10-18(20)16-25-23-26-22(19-11-7-13-24-15-19)27-28(23)21(29)14-17-8-3-2-4-9-17/h2-13,15H,14,16H2,1H3,(H,25,26,27). The molecule has 7 nitrogen and oxygen atoms in total. The predicted molar refractivity (Wildman–Crippen MR) is 114 cm³/mol. The number of nitrogens with one attached hydrogen (secondary N) is 1. The van der Waals surface area contributed by atoms with Gasteiger partial charge in [-0.3, -0.25) is 9.78 Å². The van der Waals surface area contributed by atoms with Crippen molar-refractivity contribution in [3.05, 3.63) is 90.3 Å². The van der Waals surface area contributed by atoms with Crippen molar-refractivity contribution in [1.82, 2.24) is 19.7 Å². The van der Waals surface area contributed by atoms with E-state index in [1.54, 1.807) is 19.5 Å². The summed E-state index contributed by atoms with van der Waals surface area (Å²) in [6, 6.07) is 20.9. The number of pyridine rings is 1. The third kappa shape index (κ3) is 4.35. The molecule has 0 atom stereocenters. The summed E-state index contributed by atoms with van der Waals surface area (Å²) in [6.45, 7) is 0.438. The van der Waals surface area contributed by atoms with E-state index in [9.17, 15) is 4.79 Å². The highest BCUT2D eigenvalue weighted by atomic mass is 16.5. The van der Waals surface area contributed by atoms with Crippen molar-refractivity contribution in [2.75, 3.05) is 12.4 Å². The maximum atomic E-state index is 13.0. The third-order valence-electron chi connectivity index (χ3n) is 4.59. The van der Waals surface area contributed by atoms with E-state index in [1.165, 1.54) is 4.68 Å².